The van der Waals surface area contributed by atoms with Crippen LogP contribution in [0, 0.1) is 11.6 Å². The van der Waals surface area contributed by atoms with E-state index in [2.05, 4.69) is 4.98 Å². The number of benzene rings is 1. The van der Waals surface area contributed by atoms with Crippen molar-refractivity contribution in [2.75, 3.05) is 0 Å². The van der Waals surface area contributed by atoms with Crippen LogP contribution < -0.4 is 0 Å². The van der Waals surface area contributed by atoms with E-state index in [4.69, 9.17) is 0 Å². The highest BCUT2D eigenvalue weighted by molar-refractivity contribution is 5.33. The van der Waals surface area contributed by atoms with Crippen molar-refractivity contribution in [2.24, 2.45) is 0 Å². The molecule has 0 unspecified atom stereocenters. The van der Waals surface area contributed by atoms with Crippen molar-refractivity contribution in [2.45, 2.75) is 58.0 Å². The molecule has 2 rings (SSSR count). The van der Waals surface area contributed by atoms with Gasteiger partial charge in [0, 0.05) is 22.9 Å². The van der Waals surface area contributed by atoms with Crippen molar-refractivity contribution in [3.63, 3.8) is 0 Å². The van der Waals surface area contributed by atoms with E-state index in [9.17, 15) is 22.0 Å². The maximum atomic E-state index is 14.5. The Labute approximate surface area is 150 Å². The summed E-state index contributed by atoms with van der Waals surface area (Å²) in [5.74, 6) is -1.31. The molecule has 0 bridgehead atoms. The van der Waals surface area contributed by atoms with E-state index >= 15 is 0 Å². The SMILES string of the molecule is CC(C)(C)c1cc(F)c(CC(C)(C)c2ccc(C(F)(F)F)cn2)c(F)c1. The molecule has 0 aliphatic rings. The van der Waals surface area contributed by atoms with Gasteiger partial charge in [-0.05, 0) is 41.7 Å². The van der Waals surface area contributed by atoms with E-state index in [-0.39, 0.29) is 12.0 Å². The molecule has 0 aliphatic heterocycles. The summed E-state index contributed by atoms with van der Waals surface area (Å²) in [6.45, 7) is 8.96. The van der Waals surface area contributed by atoms with Gasteiger partial charge in [-0.3, -0.25) is 4.98 Å². The number of halogens is 5. The maximum absolute atomic E-state index is 14.5. The van der Waals surface area contributed by atoms with Crippen molar-refractivity contribution in [1.82, 2.24) is 4.98 Å². The average molecular weight is 371 g/mol. The summed E-state index contributed by atoms with van der Waals surface area (Å²) < 4.78 is 67.0. The number of aromatic nitrogens is 1. The average Bonchev–Trinajstić information content (AvgIpc) is 2.49. The van der Waals surface area contributed by atoms with Crippen molar-refractivity contribution >= 4 is 0 Å². The van der Waals surface area contributed by atoms with E-state index in [0.717, 1.165) is 12.3 Å². The Morgan fingerprint density at radius 3 is 1.77 bits per heavy atom. The molecule has 0 atom stereocenters. The van der Waals surface area contributed by atoms with Crippen LogP contribution in [0.5, 0.6) is 0 Å². The van der Waals surface area contributed by atoms with Gasteiger partial charge in [-0.15, -0.1) is 0 Å². The number of hydrogen-bond acceptors (Lipinski definition) is 1. The lowest BCUT2D eigenvalue weighted by molar-refractivity contribution is -0.137. The molecule has 1 heterocycles. The standard InChI is InChI=1S/C20H22F5N/c1-18(2,3)13-8-15(21)14(16(22)9-13)10-19(4,5)17-7-6-12(11-26-17)20(23,24)25/h6-9,11H,10H2,1-5H3. The highest BCUT2D eigenvalue weighted by Crippen LogP contribution is 2.33. The van der Waals surface area contributed by atoms with E-state index in [1.807, 2.05) is 20.8 Å². The molecule has 0 saturated carbocycles. The number of rotatable bonds is 3. The molecule has 0 saturated heterocycles. The van der Waals surface area contributed by atoms with Gasteiger partial charge >= 0.3 is 6.18 Å². The fourth-order valence-electron chi connectivity index (χ4n) is 2.70. The highest BCUT2D eigenvalue weighted by atomic mass is 19.4. The predicted octanol–water partition coefficient (Wildman–Crippen LogP) is 6.20. The molecule has 142 valence electrons. The number of pyridine rings is 1. The van der Waals surface area contributed by atoms with Gasteiger partial charge in [-0.2, -0.15) is 13.2 Å². The molecule has 26 heavy (non-hydrogen) atoms. The molecular formula is C20H22F5N. The summed E-state index contributed by atoms with van der Waals surface area (Å²) in [5.41, 5.74) is -1.31. The van der Waals surface area contributed by atoms with Crippen molar-refractivity contribution in [3.8, 4) is 0 Å². The van der Waals surface area contributed by atoms with Crippen molar-refractivity contribution in [3.05, 3.63) is 64.5 Å². The van der Waals surface area contributed by atoms with Crippen LogP contribution in [0.3, 0.4) is 0 Å². The van der Waals surface area contributed by atoms with Crippen LogP contribution in [0.15, 0.2) is 30.5 Å². The molecular weight excluding hydrogens is 349 g/mol. The molecule has 1 aromatic carbocycles. The lowest BCUT2D eigenvalue weighted by atomic mass is 9.80. The highest BCUT2D eigenvalue weighted by Gasteiger charge is 2.32. The van der Waals surface area contributed by atoms with Crippen LogP contribution in [-0.4, -0.2) is 4.98 Å². The molecule has 0 N–H and O–H groups in total. The lowest BCUT2D eigenvalue weighted by Crippen LogP contribution is -2.24. The minimum atomic E-state index is -4.48. The van der Waals surface area contributed by atoms with Crippen LogP contribution in [0.4, 0.5) is 22.0 Å². The quantitative estimate of drug-likeness (QED) is 0.586. The Morgan fingerprint density at radius 2 is 1.38 bits per heavy atom. The molecule has 0 radical (unpaired) electrons. The Morgan fingerprint density at radius 1 is 0.846 bits per heavy atom. The molecule has 0 amide bonds. The lowest BCUT2D eigenvalue weighted by Gasteiger charge is -2.26. The normalized spacial score (nSPS) is 13.2. The maximum Gasteiger partial charge on any atom is 0.417 e. The molecule has 0 spiro atoms. The number of nitrogens with zero attached hydrogens (tertiary/aromatic N) is 1. The van der Waals surface area contributed by atoms with E-state index in [0.29, 0.717) is 11.3 Å². The third kappa shape index (κ3) is 4.40. The van der Waals surface area contributed by atoms with Gasteiger partial charge in [0.25, 0.3) is 0 Å². The Hall–Kier alpha value is -1.98. The number of hydrogen-bond donors (Lipinski definition) is 0. The van der Waals surface area contributed by atoms with Gasteiger partial charge in [-0.25, -0.2) is 8.78 Å². The van der Waals surface area contributed by atoms with Crippen LogP contribution in [0.1, 0.15) is 57.0 Å². The Balaban J connectivity index is 2.35. The summed E-state index contributed by atoms with van der Waals surface area (Å²) in [4.78, 5) is 3.86. The largest absolute Gasteiger partial charge is 0.417 e. The van der Waals surface area contributed by atoms with Crippen LogP contribution in [0.2, 0.25) is 0 Å². The van der Waals surface area contributed by atoms with Crippen LogP contribution in [0.25, 0.3) is 0 Å². The second-order valence-corrected chi connectivity index (χ2v) is 8.16. The Kier molecular flexibility index (Phi) is 5.19. The van der Waals surface area contributed by atoms with Gasteiger partial charge in [0.2, 0.25) is 0 Å². The first-order chi connectivity index (χ1) is 11.7. The molecule has 0 fully saturated rings. The Bertz CT molecular complexity index is 760. The third-order valence-corrected chi connectivity index (χ3v) is 4.41. The monoisotopic (exact) mass is 371 g/mol. The molecule has 0 aliphatic carbocycles. The third-order valence-electron chi connectivity index (χ3n) is 4.41. The zero-order valence-corrected chi connectivity index (χ0v) is 15.4. The molecule has 2 aromatic rings. The number of alkyl halides is 3. The minimum absolute atomic E-state index is 0.0204. The summed E-state index contributed by atoms with van der Waals surface area (Å²) in [5, 5.41) is 0. The first-order valence-corrected chi connectivity index (χ1v) is 8.24. The summed E-state index contributed by atoms with van der Waals surface area (Å²) in [6, 6.07) is 4.81. The summed E-state index contributed by atoms with van der Waals surface area (Å²) in [6.07, 6.45) is -3.75. The van der Waals surface area contributed by atoms with E-state index in [1.54, 1.807) is 13.8 Å². The van der Waals surface area contributed by atoms with Crippen LogP contribution in [-0.2, 0) is 23.4 Å². The van der Waals surface area contributed by atoms with Gasteiger partial charge in [0.05, 0.1) is 5.56 Å². The second kappa shape index (κ2) is 6.63. The fraction of sp³-hybridized carbons (Fsp3) is 0.450. The zero-order valence-electron chi connectivity index (χ0n) is 15.4. The van der Waals surface area contributed by atoms with Crippen LogP contribution >= 0.6 is 0 Å². The summed E-state index contributed by atoms with van der Waals surface area (Å²) >= 11 is 0. The zero-order chi connectivity index (χ0) is 19.9. The van der Waals surface area contributed by atoms with Crippen molar-refractivity contribution < 1.29 is 22.0 Å². The van der Waals surface area contributed by atoms with E-state index in [1.165, 1.54) is 18.2 Å². The first-order valence-electron chi connectivity index (χ1n) is 8.24. The van der Waals surface area contributed by atoms with Gasteiger partial charge < -0.3 is 0 Å². The first kappa shape index (κ1) is 20.3. The predicted molar refractivity (Wildman–Crippen MR) is 91.0 cm³/mol. The van der Waals surface area contributed by atoms with Gasteiger partial charge in [0.15, 0.2) is 0 Å². The van der Waals surface area contributed by atoms with E-state index < -0.39 is 34.2 Å². The fourth-order valence-corrected chi connectivity index (χ4v) is 2.70. The van der Waals surface area contributed by atoms with Gasteiger partial charge in [-0.1, -0.05) is 34.6 Å². The molecule has 1 aromatic heterocycles. The molecule has 6 heteroatoms. The van der Waals surface area contributed by atoms with Crippen molar-refractivity contribution in [1.29, 1.82) is 0 Å². The smallest absolute Gasteiger partial charge is 0.260 e. The second-order valence-electron chi connectivity index (χ2n) is 8.16. The van der Waals surface area contributed by atoms with Gasteiger partial charge in [0.1, 0.15) is 11.6 Å². The topological polar surface area (TPSA) is 12.9 Å². The minimum Gasteiger partial charge on any atom is -0.260 e. The molecule has 1 nitrogen and oxygen atoms in total. The summed E-state index contributed by atoms with van der Waals surface area (Å²) in [7, 11) is 0.